The number of hydrogen-bond donors (Lipinski definition) is 0. The molecule has 0 radical (unpaired) electrons. The lowest BCUT2D eigenvalue weighted by atomic mass is 10.0. The van der Waals surface area contributed by atoms with Crippen molar-refractivity contribution in [2.24, 2.45) is 0 Å². The summed E-state index contributed by atoms with van der Waals surface area (Å²) in [6.07, 6.45) is 5.01. The number of carbonyl (C=O) groups excluding carboxylic acids is 1. The first-order valence-electron chi connectivity index (χ1n) is 11.5. The van der Waals surface area contributed by atoms with E-state index in [0.717, 1.165) is 41.9 Å². The third-order valence-corrected chi connectivity index (χ3v) is 6.51. The Bertz CT molecular complexity index is 1110. The molecule has 3 aromatic carbocycles. The van der Waals surface area contributed by atoms with Crippen molar-refractivity contribution >= 4 is 16.9 Å². The first-order chi connectivity index (χ1) is 15.7. The maximum absolute atomic E-state index is 12.8. The molecule has 3 aromatic rings. The van der Waals surface area contributed by atoms with E-state index >= 15 is 0 Å². The molecule has 1 atom stereocenters. The molecule has 1 aliphatic carbocycles. The van der Waals surface area contributed by atoms with Gasteiger partial charge in [-0.1, -0.05) is 42.5 Å². The van der Waals surface area contributed by atoms with Crippen LogP contribution in [0.1, 0.15) is 49.3 Å². The van der Waals surface area contributed by atoms with Crippen LogP contribution in [0.4, 0.5) is 4.79 Å². The number of hydrogen-bond acceptors (Lipinski definition) is 4. The van der Waals surface area contributed by atoms with Crippen LogP contribution in [0.3, 0.4) is 0 Å². The van der Waals surface area contributed by atoms with Crippen LogP contribution < -0.4 is 9.47 Å². The highest BCUT2D eigenvalue weighted by atomic mass is 16.6. The summed E-state index contributed by atoms with van der Waals surface area (Å²) < 4.78 is 17.5. The molecule has 1 aliphatic heterocycles. The molecule has 0 aromatic heterocycles. The van der Waals surface area contributed by atoms with Gasteiger partial charge in [-0.3, -0.25) is 0 Å². The van der Waals surface area contributed by atoms with Gasteiger partial charge in [-0.25, -0.2) is 4.79 Å². The van der Waals surface area contributed by atoms with E-state index in [-0.39, 0.29) is 18.3 Å². The van der Waals surface area contributed by atoms with Gasteiger partial charge in [0.1, 0.15) is 6.10 Å². The zero-order valence-electron chi connectivity index (χ0n) is 18.5. The molecule has 2 aliphatic rings. The van der Waals surface area contributed by atoms with E-state index in [1.807, 2.05) is 30.3 Å². The van der Waals surface area contributed by atoms with Crippen LogP contribution in [0.2, 0.25) is 0 Å². The lowest BCUT2D eigenvalue weighted by molar-refractivity contribution is 0.0215. The van der Waals surface area contributed by atoms with Crippen molar-refractivity contribution in [3.8, 4) is 11.5 Å². The fraction of sp³-hybridized carbons (Fsp3) is 0.370. The normalized spacial score (nSPS) is 19.2. The van der Waals surface area contributed by atoms with Crippen molar-refractivity contribution in [1.82, 2.24) is 4.90 Å². The maximum atomic E-state index is 12.8. The summed E-state index contributed by atoms with van der Waals surface area (Å²) >= 11 is 0. The molecule has 1 unspecified atom stereocenters. The Labute approximate surface area is 188 Å². The minimum Gasteiger partial charge on any atom is -0.493 e. The Balaban J connectivity index is 1.26. The van der Waals surface area contributed by atoms with Gasteiger partial charge < -0.3 is 19.1 Å². The second kappa shape index (κ2) is 9.11. The molecular weight excluding hydrogens is 402 g/mol. The summed E-state index contributed by atoms with van der Waals surface area (Å²) in [6.45, 7) is 1.20. The van der Waals surface area contributed by atoms with Crippen LogP contribution in [0.15, 0.2) is 60.7 Å². The molecule has 5 rings (SSSR count). The second-order valence-electron chi connectivity index (χ2n) is 8.70. The van der Waals surface area contributed by atoms with Crippen LogP contribution in [-0.4, -0.2) is 30.8 Å². The van der Waals surface area contributed by atoms with Gasteiger partial charge in [-0.15, -0.1) is 0 Å². The Morgan fingerprint density at radius 1 is 0.938 bits per heavy atom. The predicted octanol–water partition coefficient (Wildman–Crippen LogP) is 6.25. The van der Waals surface area contributed by atoms with Gasteiger partial charge in [-0.05, 0) is 65.8 Å². The summed E-state index contributed by atoms with van der Waals surface area (Å²) in [5, 5.41) is 2.38. The third-order valence-electron chi connectivity index (χ3n) is 6.51. The highest BCUT2D eigenvalue weighted by Gasteiger charge is 2.29. The van der Waals surface area contributed by atoms with Crippen molar-refractivity contribution in [3.05, 3.63) is 71.8 Å². The monoisotopic (exact) mass is 431 g/mol. The number of nitrogens with zero attached hydrogens (tertiary/aromatic N) is 1. The first-order valence-corrected chi connectivity index (χ1v) is 11.5. The Kier molecular flexibility index (Phi) is 5.89. The highest BCUT2D eigenvalue weighted by molar-refractivity contribution is 5.83. The summed E-state index contributed by atoms with van der Waals surface area (Å²) in [6, 6.07) is 20.4. The van der Waals surface area contributed by atoms with Crippen LogP contribution in [0.5, 0.6) is 11.5 Å². The van der Waals surface area contributed by atoms with Crippen molar-refractivity contribution < 1.29 is 19.0 Å². The number of methoxy groups -OCH3 is 1. The smallest absolute Gasteiger partial charge is 0.410 e. The average Bonchev–Trinajstić information content (AvgIpc) is 3.33. The fourth-order valence-electron chi connectivity index (χ4n) is 4.73. The maximum Gasteiger partial charge on any atom is 0.410 e. The molecule has 1 saturated heterocycles. The first kappa shape index (κ1) is 20.7. The van der Waals surface area contributed by atoms with Gasteiger partial charge >= 0.3 is 6.09 Å². The number of benzene rings is 3. The van der Waals surface area contributed by atoms with Gasteiger partial charge in [0.25, 0.3) is 0 Å². The third kappa shape index (κ3) is 4.38. The minimum atomic E-state index is -0.275. The van der Waals surface area contributed by atoms with Gasteiger partial charge in [-0.2, -0.15) is 0 Å². The summed E-state index contributed by atoms with van der Waals surface area (Å²) in [5.74, 6) is 1.47. The molecule has 0 spiro atoms. The largest absolute Gasteiger partial charge is 0.493 e. The quantitative estimate of drug-likeness (QED) is 0.463. The Morgan fingerprint density at radius 3 is 2.53 bits per heavy atom. The molecule has 0 N–H and O–H groups in total. The zero-order valence-corrected chi connectivity index (χ0v) is 18.5. The number of cyclic esters (lactones) is 1. The number of ether oxygens (including phenoxy) is 3. The van der Waals surface area contributed by atoms with E-state index in [0.29, 0.717) is 13.1 Å². The number of fused-ring (bicyclic) bond motifs is 1. The molecule has 1 amide bonds. The number of rotatable bonds is 6. The highest BCUT2D eigenvalue weighted by Crippen LogP contribution is 2.36. The molecule has 1 heterocycles. The van der Waals surface area contributed by atoms with Crippen molar-refractivity contribution in [3.63, 3.8) is 0 Å². The van der Waals surface area contributed by atoms with Crippen LogP contribution >= 0.6 is 0 Å². The topological polar surface area (TPSA) is 48.0 Å². The van der Waals surface area contributed by atoms with E-state index in [9.17, 15) is 4.79 Å². The van der Waals surface area contributed by atoms with E-state index in [4.69, 9.17) is 14.2 Å². The predicted molar refractivity (Wildman–Crippen MR) is 124 cm³/mol. The van der Waals surface area contributed by atoms with Gasteiger partial charge in [0, 0.05) is 19.5 Å². The molecule has 0 bridgehead atoms. The number of carbonyl (C=O) groups is 1. The van der Waals surface area contributed by atoms with Crippen LogP contribution in [0, 0.1) is 0 Å². The van der Waals surface area contributed by atoms with E-state index < -0.39 is 0 Å². The van der Waals surface area contributed by atoms with E-state index in [1.54, 1.807) is 12.0 Å². The van der Waals surface area contributed by atoms with Crippen molar-refractivity contribution in [1.29, 1.82) is 0 Å². The van der Waals surface area contributed by atoms with Gasteiger partial charge in [0.2, 0.25) is 0 Å². The standard InChI is InChI=1S/C27H29NO4/c1-30-25-13-12-22(17-26(25)31-23-8-4-5-9-23)24-14-15-28(27(29)32-24)18-19-10-11-20-6-2-3-7-21(20)16-19/h2-3,6-7,10-13,16-17,23-24H,4-5,8-9,14-15,18H2,1H3. The molecule has 5 nitrogen and oxygen atoms in total. The van der Waals surface area contributed by atoms with Gasteiger partial charge in [0.15, 0.2) is 11.5 Å². The lowest BCUT2D eigenvalue weighted by Gasteiger charge is -2.32. The number of amides is 1. The lowest BCUT2D eigenvalue weighted by Crippen LogP contribution is -2.38. The minimum absolute atomic E-state index is 0.241. The van der Waals surface area contributed by atoms with Gasteiger partial charge in [0.05, 0.1) is 13.2 Å². The van der Waals surface area contributed by atoms with Crippen LogP contribution in [-0.2, 0) is 11.3 Å². The molecule has 1 saturated carbocycles. The summed E-state index contributed by atoms with van der Waals surface area (Å²) in [5.41, 5.74) is 2.06. The molecular formula is C27H29NO4. The van der Waals surface area contributed by atoms with E-state index in [2.05, 4.69) is 30.3 Å². The fourth-order valence-corrected chi connectivity index (χ4v) is 4.73. The Hall–Kier alpha value is -3.21. The average molecular weight is 432 g/mol. The molecule has 5 heteroatoms. The SMILES string of the molecule is COc1ccc(C2CCN(Cc3ccc4ccccc4c3)C(=O)O2)cc1OC1CCCC1. The second-order valence-corrected chi connectivity index (χ2v) is 8.70. The molecule has 166 valence electrons. The summed E-state index contributed by atoms with van der Waals surface area (Å²) in [4.78, 5) is 14.6. The summed E-state index contributed by atoms with van der Waals surface area (Å²) in [7, 11) is 1.65. The van der Waals surface area contributed by atoms with E-state index in [1.165, 1.54) is 23.6 Å². The van der Waals surface area contributed by atoms with Crippen molar-refractivity contribution in [2.45, 2.75) is 50.9 Å². The zero-order chi connectivity index (χ0) is 21.9. The van der Waals surface area contributed by atoms with Crippen molar-refractivity contribution in [2.75, 3.05) is 13.7 Å². The Morgan fingerprint density at radius 2 is 1.75 bits per heavy atom. The van der Waals surface area contributed by atoms with Crippen LogP contribution in [0.25, 0.3) is 10.8 Å². The molecule has 32 heavy (non-hydrogen) atoms. The molecule has 2 fully saturated rings.